The Labute approximate surface area is 104 Å². The van der Waals surface area contributed by atoms with E-state index in [2.05, 4.69) is 10.6 Å². The largest absolute Gasteiger partial charge is 0.507 e. The van der Waals surface area contributed by atoms with Crippen LogP contribution in [0.3, 0.4) is 0 Å². The quantitative estimate of drug-likeness (QED) is 0.752. The topological polar surface area (TPSA) is 78.4 Å². The minimum atomic E-state index is -0.689. The maximum Gasteiger partial charge on any atom is 0.255 e. The van der Waals surface area contributed by atoms with Crippen molar-refractivity contribution in [1.82, 2.24) is 10.6 Å². The first kappa shape index (κ1) is 13.3. The molecule has 1 rings (SSSR count). The summed E-state index contributed by atoms with van der Waals surface area (Å²) in [7, 11) is 1.47. The summed E-state index contributed by atoms with van der Waals surface area (Å²) in [5.41, 5.74) is 0.0354. The molecule has 0 saturated heterocycles. The number of rotatable bonds is 3. The molecule has 0 saturated carbocycles. The lowest BCUT2D eigenvalue weighted by Crippen LogP contribution is -2.43. The summed E-state index contributed by atoms with van der Waals surface area (Å²) in [4.78, 5) is 23.0. The first-order chi connectivity index (χ1) is 7.95. The third-order valence-electron chi connectivity index (χ3n) is 2.19. The van der Waals surface area contributed by atoms with Gasteiger partial charge in [-0.3, -0.25) is 9.59 Å². The normalized spacial score (nSPS) is 11.7. The van der Waals surface area contributed by atoms with E-state index in [1.165, 1.54) is 25.2 Å². The lowest BCUT2D eigenvalue weighted by Gasteiger charge is -2.13. The summed E-state index contributed by atoms with van der Waals surface area (Å²) < 4.78 is 0. The fourth-order valence-electron chi connectivity index (χ4n) is 1.25. The highest BCUT2D eigenvalue weighted by Crippen LogP contribution is 2.21. The minimum Gasteiger partial charge on any atom is -0.507 e. The summed E-state index contributed by atoms with van der Waals surface area (Å²) >= 11 is 5.72. The molecule has 1 aromatic rings. The fourth-order valence-corrected chi connectivity index (χ4v) is 1.42. The number of nitrogens with one attached hydrogen (secondary N) is 2. The summed E-state index contributed by atoms with van der Waals surface area (Å²) in [6.45, 7) is 1.54. The predicted molar refractivity (Wildman–Crippen MR) is 64.1 cm³/mol. The number of phenolic OH excluding ortho intramolecular Hbond substituents is 1. The Morgan fingerprint density at radius 2 is 2.06 bits per heavy atom. The minimum absolute atomic E-state index is 0.0354. The average Bonchev–Trinajstić information content (AvgIpc) is 2.30. The zero-order valence-electron chi connectivity index (χ0n) is 9.45. The maximum absolute atomic E-state index is 11.7. The summed E-state index contributed by atoms with van der Waals surface area (Å²) in [5, 5.41) is 14.7. The number of benzene rings is 1. The van der Waals surface area contributed by atoms with E-state index in [0.717, 1.165) is 0 Å². The van der Waals surface area contributed by atoms with E-state index in [9.17, 15) is 14.7 Å². The number of amides is 2. The zero-order chi connectivity index (χ0) is 13.0. The molecule has 0 aliphatic rings. The predicted octanol–water partition coefficient (Wildman–Crippen LogP) is 0.910. The number of carbonyl (C=O) groups is 2. The Morgan fingerprint density at radius 3 is 2.65 bits per heavy atom. The van der Waals surface area contributed by atoms with Crippen molar-refractivity contribution >= 4 is 23.4 Å². The molecule has 0 radical (unpaired) electrons. The first-order valence-corrected chi connectivity index (χ1v) is 5.34. The van der Waals surface area contributed by atoms with Gasteiger partial charge in [0, 0.05) is 12.1 Å². The molecule has 0 spiro atoms. The van der Waals surface area contributed by atoms with Gasteiger partial charge in [0.05, 0.1) is 5.56 Å². The summed E-state index contributed by atoms with van der Waals surface area (Å²) in [6, 6.07) is 3.44. The van der Waals surface area contributed by atoms with Crippen LogP contribution in [0.5, 0.6) is 5.75 Å². The number of likely N-dealkylation sites (N-methyl/N-ethyl adjacent to an activating group) is 1. The van der Waals surface area contributed by atoms with Gasteiger partial charge in [-0.2, -0.15) is 0 Å². The molecule has 17 heavy (non-hydrogen) atoms. The van der Waals surface area contributed by atoms with Crippen LogP contribution in [-0.4, -0.2) is 30.0 Å². The smallest absolute Gasteiger partial charge is 0.255 e. The van der Waals surface area contributed by atoms with E-state index >= 15 is 0 Å². The molecule has 1 atom stereocenters. The third-order valence-corrected chi connectivity index (χ3v) is 2.43. The molecular weight excluding hydrogens is 244 g/mol. The van der Waals surface area contributed by atoms with Gasteiger partial charge in [-0.1, -0.05) is 11.6 Å². The van der Waals surface area contributed by atoms with Gasteiger partial charge < -0.3 is 15.7 Å². The molecule has 6 heteroatoms. The van der Waals surface area contributed by atoms with Gasteiger partial charge >= 0.3 is 0 Å². The highest BCUT2D eigenvalue weighted by molar-refractivity contribution is 6.31. The van der Waals surface area contributed by atoms with Gasteiger partial charge in [0.1, 0.15) is 11.8 Å². The van der Waals surface area contributed by atoms with Gasteiger partial charge in [0.2, 0.25) is 5.91 Å². The van der Waals surface area contributed by atoms with E-state index in [-0.39, 0.29) is 17.2 Å². The molecule has 0 aromatic heterocycles. The Balaban J connectivity index is 2.83. The van der Waals surface area contributed by atoms with Gasteiger partial charge in [-0.05, 0) is 25.1 Å². The summed E-state index contributed by atoms with van der Waals surface area (Å²) in [5.74, 6) is -1.06. The Bertz CT molecular complexity index is 448. The number of aromatic hydroxyl groups is 1. The molecule has 0 heterocycles. The Hall–Kier alpha value is -1.75. The lowest BCUT2D eigenvalue weighted by molar-refractivity contribution is -0.122. The van der Waals surface area contributed by atoms with Crippen molar-refractivity contribution in [2.24, 2.45) is 0 Å². The fraction of sp³-hybridized carbons (Fsp3) is 0.273. The second kappa shape index (κ2) is 5.54. The second-order valence-corrected chi connectivity index (χ2v) is 3.91. The van der Waals surface area contributed by atoms with Crippen molar-refractivity contribution in [3.63, 3.8) is 0 Å². The van der Waals surface area contributed by atoms with Crippen LogP contribution >= 0.6 is 11.6 Å². The first-order valence-electron chi connectivity index (χ1n) is 4.96. The number of hydrogen-bond acceptors (Lipinski definition) is 3. The molecule has 2 amide bonds. The molecule has 1 aromatic carbocycles. The highest BCUT2D eigenvalue weighted by Gasteiger charge is 2.17. The van der Waals surface area contributed by atoms with Crippen molar-refractivity contribution in [3.8, 4) is 5.75 Å². The number of halogens is 1. The molecule has 5 nitrogen and oxygen atoms in total. The van der Waals surface area contributed by atoms with Gasteiger partial charge in [-0.15, -0.1) is 0 Å². The van der Waals surface area contributed by atoms with E-state index in [4.69, 9.17) is 11.6 Å². The van der Waals surface area contributed by atoms with Crippen LogP contribution in [0, 0.1) is 0 Å². The van der Waals surface area contributed by atoms with Crippen molar-refractivity contribution in [2.75, 3.05) is 7.05 Å². The van der Waals surface area contributed by atoms with Crippen LogP contribution in [0.1, 0.15) is 17.3 Å². The average molecular weight is 257 g/mol. The van der Waals surface area contributed by atoms with Gasteiger partial charge in [0.15, 0.2) is 0 Å². The molecule has 0 aliphatic heterocycles. The number of phenols is 1. The van der Waals surface area contributed by atoms with E-state index < -0.39 is 11.9 Å². The van der Waals surface area contributed by atoms with Gasteiger partial charge in [-0.25, -0.2) is 0 Å². The van der Waals surface area contributed by atoms with Crippen LogP contribution < -0.4 is 10.6 Å². The molecule has 1 unspecified atom stereocenters. The molecular formula is C11H13ClN2O3. The number of hydrogen-bond donors (Lipinski definition) is 3. The second-order valence-electron chi connectivity index (χ2n) is 3.47. The van der Waals surface area contributed by atoms with Crippen LogP contribution in [-0.2, 0) is 4.79 Å². The summed E-state index contributed by atoms with van der Waals surface area (Å²) in [6.07, 6.45) is 0. The molecule has 0 fully saturated rings. The van der Waals surface area contributed by atoms with Crippen molar-refractivity contribution in [2.45, 2.75) is 13.0 Å². The lowest BCUT2D eigenvalue weighted by atomic mass is 10.1. The van der Waals surface area contributed by atoms with E-state index in [1.54, 1.807) is 6.92 Å². The van der Waals surface area contributed by atoms with Crippen LogP contribution in [0.2, 0.25) is 5.02 Å². The van der Waals surface area contributed by atoms with E-state index in [1.807, 2.05) is 0 Å². The van der Waals surface area contributed by atoms with Crippen molar-refractivity contribution < 1.29 is 14.7 Å². The standard InChI is InChI=1S/C11H13ClN2O3/c1-6(10(16)13-2)14-11(17)8-5-7(12)3-4-9(8)15/h3-6,15H,1-2H3,(H,13,16)(H,14,17). The van der Waals surface area contributed by atoms with Crippen LogP contribution in [0.15, 0.2) is 18.2 Å². The Kier molecular flexibility index (Phi) is 4.34. The third kappa shape index (κ3) is 3.35. The van der Waals surface area contributed by atoms with E-state index in [0.29, 0.717) is 5.02 Å². The molecule has 0 aliphatic carbocycles. The van der Waals surface area contributed by atoms with Crippen molar-refractivity contribution in [3.05, 3.63) is 28.8 Å². The molecule has 3 N–H and O–H groups in total. The number of carbonyl (C=O) groups excluding carboxylic acids is 2. The molecule has 0 bridgehead atoms. The molecule has 92 valence electrons. The van der Waals surface area contributed by atoms with Crippen molar-refractivity contribution in [1.29, 1.82) is 0 Å². The highest BCUT2D eigenvalue weighted by atomic mass is 35.5. The SMILES string of the molecule is CNC(=O)C(C)NC(=O)c1cc(Cl)ccc1O. The Morgan fingerprint density at radius 1 is 1.41 bits per heavy atom. The van der Waals surface area contributed by atoms with Crippen LogP contribution in [0.25, 0.3) is 0 Å². The van der Waals surface area contributed by atoms with Crippen LogP contribution in [0.4, 0.5) is 0 Å². The monoisotopic (exact) mass is 256 g/mol. The zero-order valence-corrected chi connectivity index (χ0v) is 10.2. The maximum atomic E-state index is 11.7. The van der Waals surface area contributed by atoms with Gasteiger partial charge in [0.25, 0.3) is 5.91 Å².